The second kappa shape index (κ2) is 31.5. The Morgan fingerprint density at radius 1 is 0.831 bits per heavy atom. The number of carbonyl (C=O) groups is 14. The molecule has 2 saturated heterocycles. The van der Waals surface area contributed by atoms with E-state index in [1.54, 1.807) is 31.2 Å². The maximum atomic E-state index is 14.9. The van der Waals surface area contributed by atoms with Gasteiger partial charge in [0.2, 0.25) is 88.2 Å². The molecule has 7 rings (SSSR count). The van der Waals surface area contributed by atoms with E-state index in [0.717, 1.165) is 14.7 Å². The van der Waals surface area contributed by atoms with E-state index in [1.807, 2.05) is 0 Å². The molecule has 13 N–H and O–H groups in total. The van der Waals surface area contributed by atoms with Gasteiger partial charge in [-0.05, 0) is 49.9 Å². The molecule has 33 heteroatoms. The van der Waals surface area contributed by atoms with Crippen molar-refractivity contribution < 1.29 is 81.9 Å². The zero-order valence-electron chi connectivity index (χ0n) is 48.6. The molecule has 2 bridgehead atoms. The molecular formula is C56H72N14O17S2. The molecule has 4 unspecified atom stereocenters. The average Bonchev–Trinajstić information content (AvgIpc) is 1.84. The number of nitrogens with zero attached hydrogens (tertiary/aromatic N) is 3. The Bertz CT molecular complexity index is 3210. The number of imide groups is 1. The summed E-state index contributed by atoms with van der Waals surface area (Å²) in [5, 5.41) is 45.4. The summed E-state index contributed by atoms with van der Waals surface area (Å²) in [6.07, 6.45) is -2.88. The number of H-pyrrole nitrogens is 1. The molecule has 0 radical (unpaired) electrons. The SMILES string of the molecule is CCCC1C(=O)NCC(=O)N[C@H]2C[S+]([O-])c3[nH]c4ccccc4c3C[C@@H](NC(=O)C(C[C@@H](O)CO)NC(=O)[C@@H]3CCCN3C(=O)[C@H](CC(=O)NCc3ccc(NC(=O)[C@H](C)NC(=O)CNC(=O)CCN4C(=O)CC(S)C4=O)cc3)NC2=O)C(=O)NCN1C=O. The minimum atomic E-state index is -2.33. The van der Waals surface area contributed by atoms with Gasteiger partial charge in [-0.3, -0.25) is 72.0 Å². The van der Waals surface area contributed by atoms with Crippen molar-refractivity contribution in [2.45, 2.75) is 137 Å². The van der Waals surface area contributed by atoms with Crippen molar-refractivity contribution in [2.24, 2.45) is 0 Å². The Morgan fingerprint density at radius 2 is 1.56 bits per heavy atom. The molecule has 480 valence electrons. The quantitative estimate of drug-likeness (QED) is 0.0246. The Morgan fingerprint density at radius 3 is 2.26 bits per heavy atom. The third-order valence-corrected chi connectivity index (χ3v) is 17.0. The summed E-state index contributed by atoms with van der Waals surface area (Å²) in [6, 6.07) is 1.98. The lowest BCUT2D eigenvalue weighted by molar-refractivity contribution is -0.143. The number of aromatic nitrogens is 1. The average molecular weight is 1280 g/mol. The van der Waals surface area contributed by atoms with Crippen LogP contribution in [0.2, 0.25) is 0 Å². The molecule has 2 fully saturated rings. The van der Waals surface area contributed by atoms with Crippen molar-refractivity contribution in [3.8, 4) is 0 Å². The number of likely N-dealkylation sites (tertiary alicyclic amines) is 1. The number of aliphatic hydroxyl groups is 2. The molecule has 3 aromatic rings. The number of rotatable bonds is 18. The van der Waals surface area contributed by atoms with Gasteiger partial charge in [-0.25, -0.2) is 0 Å². The molecule has 0 spiro atoms. The van der Waals surface area contributed by atoms with Crippen LogP contribution in [-0.2, 0) is 91.3 Å². The van der Waals surface area contributed by atoms with Crippen LogP contribution in [0.3, 0.4) is 0 Å². The Kier molecular flexibility index (Phi) is 24.0. The van der Waals surface area contributed by atoms with E-state index in [1.165, 1.54) is 31.2 Å². The standard InChI is InChI=1S/C56H72N14O17S2/c1-3-7-40-52(83)59-24-46(77)63-39-26-89(87)54-34(33-8-4-5-9-35(33)67-54)19-37(49(80)60-27-68(40)28-72)64-50(81)36(18-32(73)25-71)65-53(84)41-10-6-16-69(41)55(85)38(66-51(39)82)20-44(75)57-22-30-11-13-31(14-12-30)62-48(79)29(2)61-45(76)23-58-43(74)15-17-70-47(78)21-42(88)56(70)86/h4-5,8-9,11-14,28-29,32,36-42,67,71,73,88H,3,6-7,10,15-27H2,1-2H3,(H,57,75)(H,58,74)(H,59,83)(H,60,80)(H,61,76)(H,62,79)(H,63,77)(H,64,81)(H,65,84)(H,66,82)/t29-,32+,36?,37+,38-,39-,40?,41-,42?,89?/m0/s1. The van der Waals surface area contributed by atoms with Gasteiger partial charge in [0, 0.05) is 78.6 Å². The number of aromatic amines is 1. The van der Waals surface area contributed by atoms with Crippen molar-refractivity contribution in [3.05, 3.63) is 59.7 Å². The monoisotopic (exact) mass is 1280 g/mol. The lowest BCUT2D eigenvalue weighted by Crippen LogP contribution is -2.60. The van der Waals surface area contributed by atoms with Crippen LogP contribution in [0.15, 0.2) is 53.6 Å². The van der Waals surface area contributed by atoms with Crippen LogP contribution in [0.1, 0.15) is 76.3 Å². The zero-order chi connectivity index (χ0) is 64.6. The van der Waals surface area contributed by atoms with E-state index in [-0.39, 0.29) is 68.0 Å². The Balaban J connectivity index is 1.12. The highest BCUT2D eigenvalue weighted by Crippen LogP contribution is 2.29. The molecule has 10 atom stereocenters. The van der Waals surface area contributed by atoms with Gasteiger partial charge in [-0.2, -0.15) is 12.6 Å². The molecule has 89 heavy (non-hydrogen) atoms. The van der Waals surface area contributed by atoms with E-state index < -0.39 is 193 Å². The van der Waals surface area contributed by atoms with E-state index in [9.17, 15) is 81.9 Å². The van der Waals surface area contributed by atoms with Gasteiger partial charge in [-0.15, -0.1) is 0 Å². The summed E-state index contributed by atoms with van der Waals surface area (Å²) in [5.41, 5.74) is 1.32. The van der Waals surface area contributed by atoms with Gasteiger partial charge < -0.3 is 82.7 Å². The van der Waals surface area contributed by atoms with E-state index in [4.69, 9.17) is 0 Å². The molecule has 2 aromatic carbocycles. The topological polar surface area (TPSA) is 448 Å². The zero-order valence-corrected chi connectivity index (χ0v) is 50.3. The highest BCUT2D eigenvalue weighted by molar-refractivity contribution is 7.91. The van der Waals surface area contributed by atoms with E-state index >= 15 is 0 Å². The summed E-state index contributed by atoms with van der Waals surface area (Å²) >= 11 is 1.71. The first kappa shape index (κ1) is 67.8. The fourth-order valence-corrected chi connectivity index (χ4v) is 12.1. The van der Waals surface area contributed by atoms with Gasteiger partial charge in [0.1, 0.15) is 42.0 Å². The van der Waals surface area contributed by atoms with Gasteiger partial charge in [-0.1, -0.05) is 43.7 Å². The van der Waals surface area contributed by atoms with Crippen LogP contribution in [0.25, 0.3) is 10.9 Å². The van der Waals surface area contributed by atoms with Crippen LogP contribution < -0.4 is 53.2 Å². The molecule has 31 nitrogen and oxygen atoms in total. The second-order valence-electron chi connectivity index (χ2n) is 21.7. The first-order valence-corrected chi connectivity index (χ1v) is 30.6. The number of nitrogens with one attached hydrogen (secondary N) is 11. The minimum absolute atomic E-state index is 0.00301. The normalized spacial score (nSPS) is 24.0. The van der Waals surface area contributed by atoms with Crippen molar-refractivity contribution in [1.82, 2.24) is 67.5 Å². The lowest BCUT2D eigenvalue weighted by Gasteiger charge is -2.31. The van der Waals surface area contributed by atoms with E-state index in [0.29, 0.717) is 29.3 Å². The minimum Gasteiger partial charge on any atom is -0.610 e. The van der Waals surface area contributed by atoms with Gasteiger partial charge >= 0.3 is 0 Å². The predicted molar refractivity (Wildman–Crippen MR) is 317 cm³/mol. The molecule has 4 aliphatic heterocycles. The number of hydrogen-bond donors (Lipinski definition) is 14. The van der Waals surface area contributed by atoms with Crippen molar-refractivity contribution in [3.63, 3.8) is 0 Å². The number of fused-ring (bicyclic) bond motifs is 5. The van der Waals surface area contributed by atoms with Crippen LogP contribution in [0.5, 0.6) is 0 Å². The third kappa shape index (κ3) is 18.0. The molecule has 4 aliphatic rings. The van der Waals surface area contributed by atoms with Gasteiger partial charge in [0.15, 0.2) is 6.04 Å². The van der Waals surface area contributed by atoms with E-state index in [2.05, 4.69) is 70.8 Å². The largest absolute Gasteiger partial charge is 0.610 e. The predicted octanol–water partition coefficient (Wildman–Crippen LogP) is -4.95. The maximum absolute atomic E-state index is 14.9. The van der Waals surface area contributed by atoms with Crippen LogP contribution >= 0.6 is 12.6 Å². The van der Waals surface area contributed by atoms with Crippen LogP contribution in [0, 0.1) is 0 Å². The summed E-state index contributed by atoms with van der Waals surface area (Å²) < 4.78 is 14.9. The molecule has 14 amide bonds. The molecule has 5 heterocycles. The first-order chi connectivity index (χ1) is 42.5. The lowest BCUT2D eigenvalue weighted by atomic mass is 10.0. The van der Waals surface area contributed by atoms with Crippen molar-refractivity contribution >= 4 is 124 Å². The maximum Gasteiger partial charge on any atom is 0.248 e. The molecule has 0 aliphatic carbocycles. The molecule has 0 saturated carbocycles. The fraction of sp³-hybridized carbons (Fsp3) is 0.500. The van der Waals surface area contributed by atoms with Gasteiger partial charge in [0.25, 0.3) is 0 Å². The number of anilines is 1. The van der Waals surface area contributed by atoms with Crippen LogP contribution in [-0.4, -0.2) is 217 Å². The fourth-order valence-electron chi connectivity index (χ4n) is 10.4. The number of thiol groups is 1. The number of carbonyl (C=O) groups excluding carboxylic acids is 14. The number of benzene rings is 2. The van der Waals surface area contributed by atoms with Crippen molar-refractivity contribution in [1.29, 1.82) is 0 Å². The highest BCUT2D eigenvalue weighted by Gasteiger charge is 2.43. The van der Waals surface area contributed by atoms with Crippen molar-refractivity contribution in [2.75, 3.05) is 50.5 Å². The highest BCUT2D eigenvalue weighted by atomic mass is 32.2. The summed E-state index contributed by atoms with van der Waals surface area (Å²) in [6.45, 7) is -0.101. The number of amides is 14. The summed E-state index contributed by atoms with van der Waals surface area (Å²) in [7, 11) is 0. The van der Waals surface area contributed by atoms with Gasteiger partial charge in [0.05, 0.1) is 44.1 Å². The number of hydrogen-bond acceptors (Lipinski definition) is 18. The molecular weight excluding hydrogens is 1200 g/mol. The molecule has 1 aromatic heterocycles. The summed E-state index contributed by atoms with van der Waals surface area (Å²) in [4.78, 5) is 195. The third-order valence-electron chi connectivity index (χ3n) is 15.2. The Hall–Kier alpha value is -8.66. The smallest absolute Gasteiger partial charge is 0.248 e. The van der Waals surface area contributed by atoms with Crippen LogP contribution in [0.4, 0.5) is 5.69 Å². The first-order valence-electron chi connectivity index (χ1n) is 28.8. The second-order valence-corrected chi connectivity index (χ2v) is 23.7. The Labute approximate surface area is 518 Å². The number of para-hydroxylation sites is 1. The number of aliphatic hydroxyl groups excluding tert-OH is 2. The summed E-state index contributed by atoms with van der Waals surface area (Å²) in [5.74, 6) is -11.3.